The largest absolute Gasteiger partial charge is 0.345 e. The Morgan fingerprint density at radius 2 is 1.91 bits per heavy atom. The zero-order chi connectivity index (χ0) is 16.1. The monoisotopic (exact) mass is 298 g/mol. The second-order valence-electron chi connectivity index (χ2n) is 5.15. The molecule has 1 N–H and O–H groups in total. The lowest BCUT2D eigenvalue weighted by atomic mass is 10.0. The van der Waals surface area contributed by atoms with Crippen molar-refractivity contribution >= 4 is 11.6 Å². The Bertz CT molecular complexity index is 681. The van der Waals surface area contributed by atoms with E-state index >= 15 is 0 Å². The highest BCUT2D eigenvalue weighted by atomic mass is 16.6. The van der Waals surface area contributed by atoms with Gasteiger partial charge >= 0.3 is 0 Å². The van der Waals surface area contributed by atoms with Gasteiger partial charge in [0.1, 0.15) is 0 Å². The number of hydrogen-bond donors (Lipinski definition) is 1. The summed E-state index contributed by atoms with van der Waals surface area (Å²) in [5.41, 5.74) is 2.38. The van der Waals surface area contributed by atoms with Crippen LogP contribution in [0.5, 0.6) is 0 Å². The van der Waals surface area contributed by atoms with Gasteiger partial charge in [0.05, 0.1) is 11.0 Å². The van der Waals surface area contributed by atoms with Gasteiger partial charge in [-0.15, -0.1) is 0 Å². The minimum absolute atomic E-state index is 0.0870. The smallest absolute Gasteiger partial charge is 0.270 e. The second-order valence-corrected chi connectivity index (χ2v) is 5.15. The van der Waals surface area contributed by atoms with Gasteiger partial charge in [0.2, 0.25) is 0 Å². The molecule has 5 nitrogen and oxygen atoms in total. The molecule has 0 unspecified atom stereocenters. The lowest BCUT2D eigenvalue weighted by Gasteiger charge is -2.17. The Balaban J connectivity index is 2.17. The molecule has 0 spiro atoms. The number of nitrogens with zero attached hydrogens (tertiary/aromatic N) is 1. The summed E-state index contributed by atoms with van der Waals surface area (Å²) in [7, 11) is 0. The maximum absolute atomic E-state index is 12.3. The van der Waals surface area contributed by atoms with Crippen molar-refractivity contribution in [1.82, 2.24) is 5.32 Å². The van der Waals surface area contributed by atoms with Gasteiger partial charge in [-0.2, -0.15) is 0 Å². The molecule has 2 aromatic rings. The van der Waals surface area contributed by atoms with E-state index in [1.807, 2.05) is 38.1 Å². The summed E-state index contributed by atoms with van der Waals surface area (Å²) in [6.45, 7) is 3.99. The summed E-state index contributed by atoms with van der Waals surface area (Å²) >= 11 is 0. The number of hydrogen-bond acceptors (Lipinski definition) is 3. The number of non-ortho nitro benzene ring substituents is 1. The molecule has 1 atom stereocenters. The molecule has 1 amide bonds. The summed E-state index contributed by atoms with van der Waals surface area (Å²) in [6.07, 6.45) is 0.740. The minimum Gasteiger partial charge on any atom is -0.345 e. The van der Waals surface area contributed by atoms with Crippen LogP contribution in [-0.4, -0.2) is 10.8 Å². The lowest BCUT2D eigenvalue weighted by Crippen LogP contribution is -2.28. The van der Waals surface area contributed by atoms with E-state index in [4.69, 9.17) is 0 Å². The molecule has 0 aliphatic carbocycles. The third-order valence-corrected chi connectivity index (χ3v) is 3.51. The fourth-order valence-electron chi connectivity index (χ4n) is 2.22. The number of aryl methyl sites for hydroxylation is 1. The first-order valence-electron chi connectivity index (χ1n) is 7.13. The van der Waals surface area contributed by atoms with Gasteiger partial charge in [0.25, 0.3) is 11.6 Å². The van der Waals surface area contributed by atoms with Crippen LogP contribution in [0.3, 0.4) is 0 Å². The normalized spacial score (nSPS) is 11.7. The highest BCUT2D eigenvalue weighted by Crippen LogP contribution is 2.19. The SMILES string of the molecule is CC[C@@H](NC(=O)c1cccc([N+](=O)[O-])c1)c1ccc(C)cc1. The lowest BCUT2D eigenvalue weighted by molar-refractivity contribution is -0.384. The fourth-order valence-corrected chi connectivity index (χ4v) is 2.22. The van der Waals surface area contributed by atoms with Gasteiger partial charge in [0.15, 0.2) is 0 Å². The van der Waals surface area contributed by atoms with Crippen LogP contribution in [0.1, 0.15) is 40.9 Å². The second kappa shape index (κ2) is 6.85. The topological polar surface area (TPSA) is 72.2 Å². The van der Waals surface area contributed by atoms with Crippen molar-refractivity contribution in [2.24, 2.45) is 0 Å². The predicted octanol–water partition coefficient (Wildman–Crippen LogP) is 3.78. The van der Waals surface area contributed by atoms with Crippen LogP contribution >= 0.6 is 0 Å². The Kier molecular flexibility index (Phi) is 4.88. The van der Waals surface area contributed by atoms with Gasteiger partial charge in [-0.1, -0.05) is 42.8 Å². The van der Waals surface area contributed by atoms with Crippen molar-refractivity contribution in [2.75, 3.05) is 0 Å². The Morgan fingerprint density at radius 3 is 2.50 bits per heavy atom. The van der Waals surface area contributed by atoms with Crippen molar-refractivity contribution in [1.29, 1.82) is 0 Å². The van der Waals surface area contributed by atoms with Gasteiger partial charge in [0, 0.05) is 17.7 Å². The molecule has 5 heteroatoms. The Morgan fingerprint density at radius 1 is 1.23 bits per heavy atom. The van der Waals surface area contributed by atoms with E-state index in [9.17, 15) is 14.9 Å². The van der Waals surface area contributed by atoms with E-state index in [1.165, 1.54) is 18.2 Å². The molecule has 114 valence electrons. The van der Waals surface area contributed by atoms with Crippen molar-refractivity contribution in [3.05, 3.63) is 75.3 Å². The van der Waals surface area contributed by atoms with Crippen LogP contribution in [0.2, 0.25) is 0 Å². The predicted molar refractivity (Wildman–Crippen MR) is 84.8 cm³/mol. The molecule has 22 heavy (non-hydrogen) atoms. The minimum atomic E-state index is -0.506. The molecule has 0 fully saturated rings. The average Bonchev–Trinajstić information content (AvgIpc) is 2.53. The first-order chi connectivity index (χ1) is 10.5. The molecular formula is C17H18N2O3. The molecule has 0 saturated carbocycles. The van der Waals surface area contributed by atoms with Gasteiger partial charge in [-0.05, 0) is 25.0 Å². The number of nitrogens with one attached hydrogen (secondary N) is 1. The number of benzene rings is 2. The van der Waals surface area contributed by atoms with Crippen LogP contribution in [0, 0.1) is 17.0 Å². The van der Waals surface area contributed by atoms with E-state index in [1.54, 1.807) is 6.07 Å². The van der Waals surface area contributed by atoms with Gasteiger partial charge in [-0.3, -0.25) is 14.9 Å². The van der Waals surface area contributed by atoms with Crippen LogP contribution < -0.4 is 5.32 Å². The number of amides is 1. The molecule has 0 heterocycles. The fraction of sp³-hybridized carbons (Fsp3) is 0.235. The van der Waals surface area contributed by atoms with E-state index < -0.39 is 4.92 Å². The summed E-state index contributed by atoms with van der Waals surface area (Å²) in [5.74, 6) is -0.309. The highest BCUT2D eigenvalue weighted by molar-refractivity contribution is 5.95. The van der Waals surface area contributed by atoms with Gasteiger partial charge < -0.3 is 5.32 Å². The molecule has 2 aromatic carbocycles. The molecule has 0 aliphatic heterocycles. The number of rotatable bonds is 5. The maximum Gasteiger partial charge on any atom is 0.270 e. The van der Waals surface area contributed by atoms with E-state index in [0.29, 0.717) is 5.56 Å². The molecule has 0 aliphatic rings. The number of carbonyl (C=O) groups excluding carboxylic acids is 1. The third kappa shape index (κ3) is 3.69. The Labute approximate surface area is 129 Å². The number of carbonyl (C=O) groups is 1. The van der Waals surface area contributed by atoms with Crippen molar-refractivity contribution in [2.45, 2.75) is 26.3 Å². The van der Waals surface area contributed by atoms with E-state index in [2.05, 4.69) is 5.32 Å². The first-order valence-corrected chi connectivity index (χ1v) is 7.13. The van der Waals surface area contributed by atoms with E-state index in [0.717, 1.165) is 17.5 Å². The summed E-state index contributed by atoms with van der Waals surface area (Å²) < 4.78 is 0. The standard InChI is InChI=1S/C17H18N2O3/c1-3-16(13-9-7-12(2)8-10-13)18-17(20)14-5-4-6-15(11-14)19(21)22/h4-11,16H,3H2,1-2H3,(H,18,20)/t16-/m1/s1. The van der Waals surface area contributed by atoms with Crippen LogP contribution in [-0.2, 0) is 0 Å². The van der Waals surface area contributed by atoms with Crippen molar-refractivity contribution in [3.8, 4) is 0 Å². The quantitative estimate of drug-likeness (QED) is 0.674. The van der Waals surface area contributed by atoms with Crippen molar-refractivity contribution in [3.63, 3.8) is 0 Å². The van der Waals surface area contributed by atoms with Crippen LogP contribution in [0.15, 0.2) is 48.5 Å². The maximum atomic E-state index is 12.3. The summed E-state index contributed by atoms with van der Waals surface area (Å²) in [4.78, 5) is 22.6. The van der Waals surface area contributed by atoms with E-state index in [-0.39, 0.29) is 17.6 Å². The molecular weight excluding hydrogens is 280 g/mol. The third-order valence-electron chi connectivity index (χ3n) is 3.51. The number of nitro benzene ring substituents is 1. The van der Waals surface area contributed by atoms with Crippen molar-refractivity contribution < 1.29 is 9.72 Å². The van der Waals surface area contributed by atoms with Crippen LogP contribution in [0.4, 0.5) is 5.69 Å². The zero-order valence-corrected chi connectivity index (χ0v) is 12.6. The Hall–Kier alpha value is -2.69. The number of nitro groups is 1. The molecule has 2 rings (SSSR count). The average molecular weight is 298 g/mol. The zero-order valence-electron chi connectivity index (χ0n) is 12.6. The summed E-state index contributed by atoms with van der Waals surface area (Å²) in [5, 5.41) is 13.7. The van der Waals surface area contributed by atoms with Gasteiger partial charge in [-0.25, -0.2) is 0 Å². The van der Waals surface area contributed by atoms with Crippen LogP contribution in [0.25, 0.3) is 0 Å². The molecule has 0 saturated heterocycles. The molecule has 0 aromatic heterocycles. The highest BCUT2D eigenvalue weighted by Gasteiger charge is 2.16. The first kappa shape index (κ1) is 15.7. The molecule has 0 radical (unpaired) electrons. The summed E-state index contributed by atoms with van der Waals surface area (Å²) in [6, 6.07) is 13.6. The molecule has 0 bridgehead atoms.